The molecule has 1 saturated carbocycles. The first-order valence-electron chi connectivity index (χ1n) is 6.93. The molecular weight excluding hydrogens is 187 g/mol. The summed E-state index contributed by atoms with van der Waals surface area (Å²) in [6.45, 7) is 4.34. The molecule has 90 valence electrons. The van der Waals surface area contributed by atoms with Crippen molar-refractivity contribution in [1.82, 2.24) is 0 Å². The molecule has 0 nitrogen and oxygen atoms in total. The van der Waals surface area contributed by atoms with Crippen molar-refractivity contribution in [2.75, 3.05) is 0 Å². The summed E-state index contributed by atoms with van der Waals surface area (Å²) in [4.78, 5) is 0. The molecule has 1 rings (SSSR count). The molecule has 0 aliphatic heterocycles. The molecule has 0 aromatic carbocycles. The van der Waals surface area contributed by atoms with Crippen molar-refractivity contribution in [3.63, 3.8) is 0 Å². The maximum atomic E-state index is 14.3. The van der Waals surface area contributed by atoms with Gasteiger partial charge in [0.05, 0.1) is 0 Å². The third-order valence-electron chi connectivity index (χ3n) is 4.00. The first-order valence-corrected chi connectivity index (χ1v) is 6.93. The molecule has 0 amide bonds. The van der Waals surface area contributed by atoms with Gasteiger partial charge in [-0.15, -0.1) is 0 Å². The third-order valence-corrected chi connectivity index (χ3v) is 4.00. The molecule has 0 saturated heterocycles. The maximum Gasteiger partial charge on any atom is 0.106 e. The zero-order valence-corrected chi connectivity index (χ0v) is 10.5. The fraction of sp³-hybridized carbons (Fsp3) is 1.00. The SMILES string of the molecule is CCCCC(CC)C(F)C1CCCCC1. The second-order valence-corrected chi connectivity index (χ2v) is 5.15. The highest BCUT2D eigenvalue weighted by molar-refractivity contribution is 4.78. The predicted octanol–water partition coefficient (Wildman–Crippen LogP) is 5.12. The van der Waals surface area contributed by atoms with E-state index in [1.807, 2.05) is 0 Å². The first kappa shape index (κ1) is 13.0. The molecule has 0 spiro atoms. The van der Waals surface area contributed by atoms with Crippen molar-refractivity contribution in [2.24, 2.45) is 11.8 Å². The van der Waals surface area contributed by atoms with Crippen molar-refractivity contribution in [3.8, 4) is 0 Å². The molecule has 2 atom stereocenters. The fourth-order valence-corrected chi connectivity index (χ4v) is 2.89. The fourth-order valence-electron chi connectivity index (χ4n) is 2.89. The van der Waals surface area contributed by atoms with Gasteiger partial charge in [0.2, 0.25) is 0 Å². The summed E-state index contributed by atoms with van der Waals surface area (Å²) in [5, 5.41) is 0. The lowest BCUT2D eigenvalue weighted by Crippen LogP contribution is -2.26. The minimum absolute atomic E-state index is 0.341. The van der Waals surface area contributed by atoms with E-state index < -0.39 is 6.17 Å². The molecule has 1 aliphatic rings. The van der Waals surface area contributed by atoms with Crippen LogP contribution in [0.5, 0.6) is 0 Å². The van der Waals surface area contributed by atoms with Crippen LogP contribution < -0.4 is 0 Å². The normalized spacial score (nSPS) is 22.6. The highest BCUT2D eigenvalue weighted by Gasteiger charge is 2.28. The van der Waals surface area contributed by atoms with Gasteiger partial charge < -0.3 is 0 Å². The third kappa shape index (κ3) is 4.12. The van der Waals surface area contributed by atoms with Crippen LogP contribution in [-0.4, -0.2) is 6.17 Å². The van der Waals surface area contributed by atoms with Gasteiger partial charge in [0, 0.05) is 0 Å². The molecule has 0 radical (unpaired) electrons. The van der Waals surface area contributed by atoms with Crippen LogP contribution in [0.15, 0.2) is 0 Å². The molecule has 0 aromatic heterocycles. The second-order valence-electron chi connectivity index (χ2n) is 5.15. The Hall–Kier alpha value is -0.0700. The number of unbranched alkanes of at least 4 members (excludes halogenated alkanes) is 1. The van der Waals surface area contributed by atoms with Crippen molar-refractivity contribution >= 4 is 0 Å². The topological polar surface area (TPSA) is 0 Å². The Labute approximate surface area is 94.6 Å². The van der Waals surface area contributed by atoms with Gasteiger partial charge in [0.15, 0.2) is 0 Å². The molecule has 1 heteroatoms. The molecule has 1 aliphatic carbocycles. The van der Waals surface area contributed by atoms with E-state index in [4.69, 9.17) is 0 Å². The van der Waals surface area contributed by atoms with E-state index in [2.05, 4.69) is 13.8 Å². The molecule has 1 fully saturated rings. The highest BCUT2D eigenvalue weighted by atomic mass is 19.1. The molecule has 0 bridgehead atoms. The Balaban J connectivity index is 2.36. The zero-order chi connectivity index (χ0) is 11.1. The minimum atomic E-state index is -0.512. The van der Waals surface area contributed by atoms with Crippen molar-refractivity contribution < 1.29 is 4.39 Å². The van der Waals surface area contributed by atoms with Crippen LogP contribution >= 0.6 is 0 Å². The van der Waals surface area contributed by atoms with Gasteiger partial charge in [-0.05, 0) is 31.1 Å². The van der Waals surface area contributed by atoms with E-state index in [0.29, 0.717) is 11.8 Å². The monoisotopic (exact) mass is 214 g/mol. The summed E-state index contributed by atoms with van der Waals surface area (Å²) in [5.74, 6) is 0.730. The zero-order valence-electron chi connectivity index (χ0n) is 10.5. The van der Waals surface area contributed by atoms with Crippen LogP contribution in [0.25, 0.3) is 0 Å². The maximum absolute atomic E-state index is 14.3. The van der Waals surface area contributed by atoms with Crippen LogP contribution in [0.3, 0.4) is 0 Å². The molecule has 0 N–H and O–H groups in total. The summed E-state index contributed by atoms with van der Waals surface area (Å²) in [6.07, 6.45) is 10.1. The van der Waals surface area contributed by atoms with Gasteiger partial charge in [-0.3, -0.25) is 0 Å². The van der Waals surface area contributed by atoms with Crippen molar-refractivity contribution in [3.05, 3.63) is 0 Å². The number of alkyl halides is 1. The smallest absolute Gasteiger partial charge is 0.106 e. The van der Waals surface area contributed by atoms with Crippen LogP contribution in [0, 0.1) is 11.8 Å². The lowest BCUT2D eigenvalue weighted by atomic mass is 9.79. The second kappa shape index (κ2) is 7.24. The van der Waals surface area contributed by atoms with E-state index in [0.717, 1.165) is 25.7 Å². The van der Waals surface area contributed by atoms with E-state index in [-0.39, 0.29) is 0 Å². The Kier molecular flexibility index (Phi) is 6.28. The Bertz CT molecular complexity index is 149. The largest absolute Gasteiger partial charge is 0.247 e. The highest BCUT2D eigenvalue weighted by Crippen LogP contribution is 2.34. The van der Waals surface area contributed by atoms with Crippen LogP contribution in [0.2, 0.25) is 0 Å². The van der Waals surface area contributed by atoms with Crippen LogP contribution in [0.1, 0.15) is 71.6 Å². The standard InChI is InChI=1S/C14H27F/c1-3-5-9-12(4-2)14(15)13-10-7-6-8-11-13/h12-14H,3-11H2,1-2H3. The molecular formula is C14H27F. The van der Waals surface area contributed by atoms with Gasteiger partial charge in [-0.25, -0.2) is 4.39 Å². The average molecular weight is 214 g/mol. The van der Waals surface area contributed by atoms with Crippen molar-refractivity contribution in [2.45, 2.75) is 77.8 Å². The molecule has 0 aromatic rings. The first-order chi connectivity index (χ1) is 7.29. The number of hydrogen-bond acceptors (Lipinski definition) is 0. The summed E-state index contributed by atoms with van der Waals surface area (Å²) < 4.78 is 14.3. The lowest BCUT2D eigenvalue weighted by molar-refractivity contribution is 0.109. The molecule has 0 heterocycles. The van der Waals surface area contributed by atoms with Gasteiger partial charge >= 0.3 is 0 Å². The lowest BCUT2D eigenvalue weighted by Gasteiger charge is -2.30. The Morgan fingerprint density at radius 1 is 1.13 bits per heavy atom. The van der Waals surface area contributed by atoms with Crippen molar-refractivity contribution in [1.29, 1.82) is 0 Å². The Morgan fingerprint density at radius 2 is 1.80 bits per heavy atom. The quantitative estimate of drug-likeness (QED) is 0.575. The van der Waals surface area contributed by atoms with E-state index in [1.54, 1.807) is 0 Å². The number of halogens is 1. The summed E-state index contributed by atoms with van der Waals surface area (Å²) >= 11 is 0. The Morgan fingerprint density at radius 3 is 2.33 bits per heavy atom. The van der Waals surface area contributed by atoms with Crippen LogP contribution in [-0.2, 0) is 0 Å². The molecule has 15 heavy (non-hydrogen) atoms. The van der Waals surface area contributed by atoms with Crippen LogP contribution in [0.4, 0.5) is 4.39 Å². The molecule has 2 unspecified atom stereocenters. The van der Waals surface area contributed by atoms with Gasteiger partial charge in [0.1, 0.15) is 6.17 Å². The number of hydrogen-bond donors (Lipinski definition) is 0. The predicted molar refractivity (Wildman–Crippen MR) is 64.8 cm³/mol. The van der Waals surface area contributed by atoms with E-state index in [9.17, 15) is 4.39 Å². The average Bonchev–Trinajstić information content (AvgIpc) is 2.31. The summed E-state index contributed by atoms with van der Waals surface area (Å²) in [7, 11) is 0. The summed E-state index contributed by atoms with van der Waals surface area (Å²) in [6, 6.07) is 0. The summed E-state index contributed by atoms with van der Waals surface area (Å²) in [5.41, 5.74) is 0. The van der Waals surface area contributed by atoms with Gasteiger partial charge in [0.25, 0.3) is 0 Å². The van der Waals surface area contributed by atoms with Gasteiger partial charge in [-0.2, -0.15) is 0 Å². The minimum Gasteiger partial charge on any atom is -0.247 e. The van der Waals surface area contributed by atoms with Gasteiger partial charge in [-0.1, -0.05) is 52.4 Å². The van der Waals surface area contributed by atoms with E-state index >= 15 is 0 Å². The van der Waals surface area contributed by atoms with E-state index in [1.165, 1.54) is 32.1 Å². The number of rotatable bonds is 6.